The number of rotatable bonds is 4. The number of nitrogens with one attached hydrogen (secondary N) is 1. The minimum absolute atomic E-state index is 0.0456. The van der Waals surface area contributed by atoms with E-state index in [4.69, 9.17) is 11.6 Å². The first-order valence-electron chi connectivity index (χ1n) is 5.76. The van der Waals surface area contributed by atoms with Gasteiger partial charge in [-0.3, -0.25) is 20.2 Å². The molecule has 0 spiro atoms. The molecule has 7 nitrogen and oxygen atoms in total. The number of aromatic nitrogens is 2. The van der Waals surface area contributed by atoms with E-state index >= 15 is 0 Å². The Labute approximate surface area is 124 Å². The third-order valence-electron chi connectivity index (χ3n) is 2.36. The average molecular weight is 305 g/mol. The highest BCUT2D eigenvalue weighted by Gasteiger charge is 2.05. The fourth-order valence-electron chi connectivity index (χ4n) is 1.46. The van der Waals surface area contributed by atoms with Gasteiger partial charge in [0.1, 0.15) is 5.15 Å². The van der Waals surface area contributed by atoms with Crippen molar-refractivity contribution in [3.8, 4) is 0 Å². The van der Waals surface area contributed by atoms with Crippen LogP contribution in [0.5, 0.6) is 0 Å². The van der Waals surface area contributed by atoms with Crippen LogP contribution in [-0.4, -0.2) is 20.8 Å². The number of carbonyl (C=O) groups excluding carboxylic acids is 1. The molecule has 0 radical (unpaired) electrons. The van der Waals surface area contributed by atoms with E-state index in [1.165, 1.54) is 42.6 Å². The van der Waals surface area contributed by atoms with Crippen LogP contribution in [0.2, 0.25) is 5.15 Å². The lowest BCUT2D eigenvalue weighted by atomic mass is 10.2. The standard InChI is InChI=1S/C13H9ClN4O3/c14-11-6-7-15-13(16-11)17-12(19)5-4-9-2-1-3-10(8-9)18(20)21/h1-8H,(H,15,16,17,19)/b5-4+. The Morgan fingerprint density at radius 1 is 1.38 bits per heavy atom. The van der Waals surface area contributed by atoms with Gasteiger partial charge in [0, 0.05) is 24.4 Å². The van der Waals surface area contributed by atoms with Gasteiger partial charge in [0.15, 0.2) is 0 Å². The molecule has 1 aromatic heterocycles. The predicted molar refractivity (Wildman–Crippen MR) is 77.8 cm³/mol. The van der Waals surface area contributed by atoms with Crippen LogP contribution in [0.25, 0.3) is 6.08 Å². The van der Waals surface area contributed by atoms with Crippen LogP contribution < -0.4 is 5.32 Å². The normalized spacial score (nSPS) is 10.5. The molecule has 106 valence electrons. The molecule has 0 unspecified atom stereocenters. The molecular weight excluding hydrogens is 296 g/mol. The van der Waals surface area contributed by atoms with Gasteiger partial charge < -0.3 is 0 Å². The van der Waals surface area contributed by atoms with Crippen LogP contribution in [0.15, 0.2) is 42.6 Å². The van der Waals surface area contributed by atoms with E-state index in [1.807, 2.05) is 0 Å². The molecule has 21 heavy (non-hydrogen) atoms. The van der Waals surface area contributed by atoms with Crippen molar-refractivity contribution < 1.29 is 9.72 Å². The zero-order valence-electron chi connectivity index (χ0n) is 10.6. The Kier molecular flexibility index (Phi) is 4.57. The summed E-state index contributed by atoms with van der Waals surface area (Å²) >= 11 is 5.66. The Hall–Kier alpha value is -2.80. The minimum Gasteiger partial charge on any atom is -0.291 e. The number of hydrogen-bond donors (Lipinski definition) is 1. The van der Waals surface area contributed by atoms with Crippen LogP contribution in [-0.2, 0) is 4.79 Å². The number of anilines is 1. The molecule has 1 amide bonds. The van der Waals surface area contributed by atoms with Gasteiger partial charge in [-0.15, -0.1) is 0 Å². The summed E-state index contributed by atoms with van der Waals surface area (Å²) in [6.45, 7) is 0. The molecule has 0 saturated heterocycles. The van der Waals surface area contributed by atoms with Gasteiger partial charge >= 0.3 is 0 Å². The number of nitrogens with zero attached hydrogens (tertiary/aromatic N) is 3. The molecule has 0 aliphatic heterocycles. The maximum atomic E-state index is 11.7. The molecule has 1 aromatic carbocycles. The predicted octanol–water partition coefficient (Wildman–Crippen LogP) is 2.69. The highest BCUT2D eigenvalue weighted by atomic mass is 35.5. The van der Waals surface area contributed by atoms with Gasteiger partial charge in [-0.25, -0.2) is 9.97 Å². The zero-order chi connectivity index (χ0) is 15.2. The zero-order valence-corrected chi connectivity index (χ0v) is 11.3. The SMILES string of the molecule is O=C(/C=C/c1cccc([N+](=O)[O-])c1)Nc1nccc(Cl)n1. The number of non-ortho nitro benzene ring substituents is 1. The quantitative estimate of drug-likeness (QED) is 0.405. The second-order valence-electron chi connectivity index (χ2n) is 3.88. The summed E-state index contributed by atoms with van der Waals surface area (Å²) in [5, 5.41) is 13.3. The van der Waals surface area contributed by atoms with E-state index in [0.717, 1.165) is 0 Å². The van der Waals surface area contributed by atoms with Gasteiger partial charge in [0.05, 0.1) is 4.92 Å². The Morgan fingerprint density at radius 2 is 2.19 bits per heavy atom. The molecule has 1 N–H and O–H groups in total. The summed E-state index contributed by atoms with van der Waals surface area (Å²) in [5.74, 6) is -0.389. The summed E-state index contributed by atoms with van der Waals surface area (Å²) in [6, 6.07) is 7.40. The lowest BCUT2D eigenvalue weighted by Gasteiger charge is -1.99. The molecule has 0 atom stereocenters. The second-order valence-corrected chi connectivity index (χ2v) is 4.26. The van der Waals surface area contributed by atoms with Crippen LogP contribution >= 0.6 is 11.6 Å². The number of hydrogen-bond acceptors (Lipinski definition) is 5. The number of benzene rings is 1. The lowest BCUT2D eigenvalue weighted by Crippen LogP contribution is -2.10. The van der Waals surface area contributed by atoms with E-state index < -0.39 is 10.8 Å². The Balaban J connectivity index is 2.05. The number of nitro groups is 1. The number of nitro benzene ring substituents is 1. The fraction of sp³-hybridized carbons (Fsp3) is 0. The summed E-state index contributed by atoms with van der Waals surface area (Å²) in [5.41, 5.74) is 0.488. The van der Waals surface area contributed by atoms with Crippen molar-refractivity contribution in [3.63, 3.8) is 0 Å². The molecule has 1 heterocycles. The maximum absolute atomic E-state index is 11.7. The topological polar surface area (TPSA) is 98.0 Å². The van der Waals surface area contributed by atoms with Crippen LogP contribution in [0.3, 0.4) is 0 Å². The highest BCUT2D eigenvalue weighted by Crippen LogP contribution is 2.14. The molecule has 2 aromatic rings. The van der Waals surface area contributed by atoms with E-state index in [0.29, 0.717) is 5.56 Å². The van der Waals surface area contributed by atoms with Gasteiger partial charge in [-0.1, -0.05) is 23.7 Å². The van der Waals surface area contributed by atoms with Crippen molar-refractivity contribution >= 4 is 35.2 Å². The molecule has 0 aliphatic rings. The minimum atomic E-state index is -0.503. The summed E-state index contributed by atoms with van der Waals surface area (Å²) in [4.78, 5) is 29.4. The van der Waals surface area contributed by atoms with Crippen molar-refractivity contribution in [1.82, 2.24) is 9.97 Å². The third-order valence-corrected chi connectivity index (χ3v) is 2.58. The summed E-state index contributed by atoms with van der Waals surface area (Å²) in [6.07, 6.45) is 4.09. The van der Waals surface area contributed by atoms with Crippen molar-refractivity contribution in [2.45, 2.75) is 0 Å². The summed E-state index contributed by atoms with van der Waals surface area (Å²) in [7, 11) is 0. The van der Waals surface area contributed by atoms with Crippen LogP contribution in [0.1, 0.15) is 5.56 Å². The largest absolute Gasteiger partial charge is 0.291 e. The van der Waals surface area contributed by atoms with Crippen molar-refractivity contribution in [3.05, 3.63) is 63.4 Å². The molecule has 2 rings (SSSR count). The molecular formula is C13H9ClN4O3. The number of carbonyl (C=O) groups is 1. The van der Waals surface area contributed by atoms with E-state index in [2.05, 4.69) is 15.3 Å². The average Bonchev–Trinajstić information content (AvgIpc) is 2.45. The van der Waals surface area contributed by atoms with Crippen LogP contribution in [0, 0.1) is 10.1 Å². The smallest absolute Gasteiger partial charge is 0.270 e. The molecule has 0 fully saturated rings. The lowest BCUT2D eigenvalue weighted by molar-refractivity contribution is -0.384. The van der Waals surface area contributed by atoms with Gasteiger partial charge in [0.25, 0.3) is 11.6 Å². The maximum Gasteiger partial charge on any atom is 0.270 e. The molecule has 0 aliphatic carbocycles. The molecule has 8 heteroatoms. The van der Waals surface area contributed by atoms with Gasteiger partial charge in [0.2, 0.25) is 5.95 Å². The van der Waals surface area contributed by atoms with E-state index in [-0.39, 0.29) is 16.8 Å². The van der Waals surface area contributed by atoms with Crippen molar-refractivity contribution in [1.29, 1.82) is 0 Å². The number of amides is 1. The highest BCUT2D eigenvalue weighted by molar-refractivity contribution is 6.29. The van der Waals surface area contributed by atoms with Crippen molar-refractivity contribution in [2.24, 2.45) is 0 Å². The Morgan fingerprint density at radius 3 is 2.90 bits per heavy atom. The summed E-state index contributed by atoms with van der Waals surface area (Å²) < 4.78 is 0. The first-order valence-corrected chi connectivity index (χ1v) is 6.14. The van der Waals surface area contributed by atoms with Crippen molar-refractivity contribution in [2.75, 3.05) is 5.32 Å². The first kappa shape index (κ1) is 14.6. The second kappa shape index (κ2) is 6.58. The van der Waals surface area contributed by atoms with E-state index in [1.54, 1.807) is 6.07 Å². The Bertz CT molecular complexity index is 718. The number of halogens is 1. The molecule has 0 saturated carbocycles. The van der Waals surface area contributed by atoms with E-state index in [9.17, 15) is 14.9 Å². The van der Waals surface area contributed by atoms with Gasteiger partial charge in [-0.05, 0) is 17.7 Å². The monoisotopic (exact) mass is 304 g/mol. The van der Waals surface area contributed by atoms with Crippen LogP contribution in [0.4, 0.5) is 11.6 Å². The fourth-order valence-corrected chi connectivity index (χ4v) is 1.60. The molecule has 0 bridgehead atoms. The first-order chi connectivity index (χ1) is 10.0. The third kappa shape index (κ3) is 4.36. The van der Waals surface area contributed by atoms with Gasteiger partial charge in [-0.2, -0.15) is 0 Å².